The smallest absolute Gasteiger partial charge is 0.282 e. The molecule has 0 aliphatic carbocycles. The van der Waals surface area contributed by atoms with E-state index in [-0.39, 0.29) is 0 Å². The van der Waals surface area contributed by atoms with Crippen LogP contribution in [0.15, 0.2) is 46.2 Å². The van der Waals surface area contributed by atoms with Crippen molar-refractivity contribution in [1.82, 2.24) is 0 Å². The Morgan fingerprint density at radius 1 is 0.821 bits per heavy atom. The molecule has 0 spiro atoms. The molecular formula is C14H10N2O10S2. The fourth-order valence-electron chi connectivity index (χ4n) is 2.34. The highest BCUT2D eigenvalue weighted by Crippen LogP contribution is 2.41. The van der Waals surface area contributed by atoms with Gasteiger partial charge in [0.1, 0.15) is 0 Å². The molecule has 0 aliphatic rings. The SMILES string of the molecule is O=[N+]([O-])c1cc(C=Cc2ccccc2)c(S(=O)(=O)O)c([N+](=O)[O-])c1S(=O)(=O)O. The minimum atomic E-state index is -5.60. The van der Waals surface area contributed by atoms with Crippen molar-refractivity contribution >= 4 is 43.8 Å². The van der Waals surface area contributed by atoms with E-state index in [0.29, 0.717) is 11.6 Å². The fraction of sp³-hybridized carbons (Fsp3) is 0. The monoisotopic (exact) mass is 430 g/mol. The Morgan fingerprint density at radius 2 is 1.36 bits per heavy atom. The van der Waals surface area contributed by atoms with Crippen molar-refractivity contribution in [3.63, 3.8) is 0 Å². The predicted molar refractivity (Wildman–Crippen MR) is 94.8 cm³/mol. The highest BCUT2D eigenvalue weighted by atomic mass is 32.2. The lowest BCUT2D eigenvalue weighted by Gasteiger charge is -2.08. The molecule has 0 heterocycles. The molecule has 0 amide bonds. The highest BCUT2D eigenvalue weighted by molar-refractivity contribution is 7.87. The summed E-state index contributed by atoms with van der Waals surface area (Å²) in [6.07, 6.45) is 2.14. The fourth-order valence-corrected chi connectivity index (χ4v) is 4.07. The molecule has 0 radical (unpaired) electrons. The van der Waals surface area contributed by atoms with E-state index >= 15 is 0 Å². The molecule has 2 rings (SSSR count). The van der Waals surface area contributed by atoms with Crippen LogP contribution in [0, 0.1) is 20.2 Å². The summed E-state index contributed by atoms with van der Waals surface area (Å²) in [7, 11) is -11.0. The number of nitro groups is 2. The molecule has 2 N–H and O–H groups in total. The molecule has 28 heavy (non-hydrogen) atoms. The van der Waals surface area contributed by atoms with Crippen LogP contribution < -0.4 is 0 Å². The third-order valence-corrected chi connectivity index (χ3v) is 5.23. The van der Waals surface area contributed by atoms with Gasteiger partial charge in [0.25, 0.3) is 5.69 Å². The zero-order valence-electron chi connectivity index (χ0n) is 13.5. The first kappa shape index (κ1) is 21.1. The summed E-state index contributed by atoms with van der Waals surface area (Å²) in [6, 6.07) is 8.37. The lowest BCUT2D eigenvalue weighted by Crippen LogP contribution is -2.13. The molecule has 0 fully saturated rings. The van der Waals surface area contributed by atoms with Gasteiger partial charge < -0.3 is 0 Å². The summed E-state index contributed by atoms with van der Waals surface area (Å²) in [5, 5.41) is 22.5. The molecule has 14 heteroatoms. The van der Waals surface area contributed by atoms with Gasteiger partial charge in [-0.2, -0.15) is 16.8 Å². The molecule has 0 bridgehead atoms. The Hall–Kier alpha value is -3.20. The van der Waals surface area contributed by atoms with Crippen LogP contribution in [0.1, 0.15) is 11.1 Å². The Bertz CT molecular complexity index is 1200. The van der Waals surface area contributed by atoms with Gasteiger partial charge in [-0.1, -0.05) is 42.5 Å². The Labute approximate surface area is 157 Å². The first-order chi connectivity index (χ1) is 12.8. The van der Waals surface area contributed by atoms with Gasteiger partial charge in [-0.15, -0.1) is 0 Å². The van der Waals surface area contributed by atoms with Gasteiger partial charge in [-0.3, -0.25) is 29.3 Å². The van der Waals surface area contributed by atoms with Crippen LogP contribution in [0.5, 0.6) is 0 Å². The van der Waals surface area contributed by atoms with Gasteiger partial charge in [-0.05, 0) is 5.56 Å². The summed E-state index contributed by atoms with van der Waals surface area (Å²) < 4.78 is 65.1. The largest absolute Gasteiger partial charge is 0.319 e. The third kappa shape index (κ3) is 4.37. The second kappa shape index (κ2) is 7.43. The van der Waals surface area contributed by atoms with E-state index in [0.717, 1.165) is 6.08 Å². The molecule has 2 aromatic rings. The molecular weight excluding hydrogens is 420 g/mol. The van der Waals surface area contributed by atoms with Gasteiger partial charge in [0.05, 0.1) is 9.85 Å². The van der Waals surface area contributed by atoms with Gasteiger partial charge in [0.2, 0.25) is 4.90 Å². The van der Waals surface area contributed by atoms with Crippen molar-refractivity contribution in [3.05, 3.63) is 67.8 Å². The zero-order chi connectivity index (χ0) is 21.3. The topological polar surface area (TPSA) is 195 Å². The van der Waals surface area contributed by atoms with E-state index in [2.05, 4.69) is 0 Å². The number of nitro benzene ring substituents is 2. The average molecular weight is 430 g/mol. The number of hydrogen-bond donors (Lipinski definition) is 2. The zero-order valence-corrected chi connectivity index (χ0v) is 15.1. The van der Waals surface area contributed by atoms with Crippen LogP contribution in [0.4, 0.5) is 11.4 Å². The maximum absolute atomic E-state index is 11.7. The van der Waals surface area contributed by atoms with Crippen molar-refractivity contribution in [2.75, 3.05) is 0 Å². The van der Waals surface area contributed by atoms with E-state index in [1.54, 1.807) is 30.3 Å². The Kier molecular flexibility index (Phi) is 5.60. The lowest BCUT2D eigenvalue weighted by molar-refractivity contribution is -0.401. The van der Waals surface area contributed by atoms with Crippen LogP contribution in [0.25, 0.3) is 12.2 Å². The number of benzene rings is 2. The maximum atomic E-state index is 11.7. The molecule has 0 saturated heterocycles. The minimum absolute atomic E-state index is 0.388. The van der Waals surface area contributed by atoms with Crippen LogP contribution >= 0.6 is 0 Å². The normalized spacial score (nSPS) is 12.2. The second-order valence-corrected chi connectivity index (χ2v) is 7.92. The summed E-state index contributed by atoms with van der Waals surface area (Å²) >= 11 is 0. The van der Waals surface area contributed by atoms with Gasteiger partial charge in [0.15, 0.2) is 4.90 Å². The summed E-state index contributed by atoms with van der Waals surface area (Å²) in [5.74, 6) is 0. The average Bonchev–Trinajstić information content (AvgIpc) is 2.57. The second-order valence-electron chi connectivity index (χ2n) is 5.20. The van der Waals surface area contributed by atoms with Gasteiger partial charge in [-0.25, -0.2) is 0 Å². The van der Waals surface area contributed by atoms with Gasteiger partial charge >= 0.3 is 25.9 Å². The molecule has 148 valence electrons. The summed E-state index contributed by atoms with van der Waals surface area (Å²) in [6.45, 7) is 0. The van der Waals surface area contributed by atoms with Crippen molar-refractivity contribution in [2.24, 2.45) is 0 Å². The van der Waals surface area contributed by atoms with E-state index in [4.69, 9.17) is 0 Å². The van der Waals surface area contributed by atoms with Crippen molar-refractivity contribution in [3.8, 4) is 0 Å². The molecule has 0 aliphatic heterocycles. The molecule has 0 aromatic heterocycles. The van der Waals surface area contributed by atoms with E-state index < -0.39 is 56.8 Å². The molecule has 0 atom stereocenters. The Morgan fingerprint density at radius 3 is 1.79 bits per heavy atom. The Balaban J connectivity index is 3.03. The predicted octanol–water partition coefficient (Wildman–Crippen LogP) is 2.17. The molecule has 0 unspecified atom stereocenters. The van der Waals surface area contributed by atoms with Crippen LogP contribution in [-0.2, 0) is 20.2 Å². The molecule has 12 nitrogen and oxygen atoms in total. The highest BCUT2D eigenvalue weighted by Gasteiger charge is 2.42. The first-order valence-corrected chi connectivity index (χ1v) is 9.90. The minimum Gasteiger partial charge on any atom is -0.282 e. The molecule has 2 aromatic carbocycles. The van der Waals surface area contributed by atoms with E-state index in [1.807, 2.05) is 0 Å². The standard InChI is InChI=1S/C14H10N2O10S2/c17-15(18)11-8-10(7-6-9-4-2-1-3-5-9)13(27(21,22)23)12(16(19)20)14(11)28(24,25)26/h1-8H,(H,21,22,23)(H,24,25,26). The van der Waals surface area contributed by atoms with Crippen molar-refractivity contribution < 1.29 is 35.8 Å². The van der Waals surface area contributed by atoms with E-state index in [9.17, 15) is 46.2 Å². The number of nitrogens with zero attached hydrogens (tertiary/aromatic N) is 2. The third-order valence-electron chi connectivity index (χ3n) is 3.37. The quantitative estimate of drug-likeness (QED) is 0.296. The summed E-state index contributed by atoms with van der Waals surface area (Å²) in [5.41, 5.74) is -3.54. The van der Waals surface area contributed by atoms with Crippen molar-refractivity contribution in [2.45, 2.75) is 9.79 Å². The summed E-state index contributed by atoms with van der Waals surface area (Å²) in [4.78, 5) is 16.3. The maximum Gasteiger partial charge on any atom is 0.319 e. The van der Waals surface area contributed by atoms with Crippen LogP contribution in [0.3, 0.4) is 0 Å². The first-order valence-electron chi connectivity index (χ1n) is 7.02. The lowest BCUT2D eigenvalue weighted by atomic mass is 10.1. The van der Waals surface area contributed by atoms with Crippen LogP contribution in [0.2, 0.25) is 0 Å². The van der Waals surface area contributed by atoms with Gasteiger partial charge in [0, 0.05) is 11.6 Å². The molecule has 0 saturated carbocycles. The number of hydrogen-bond acceptors (Lipinski definition) is 8. The van der Waals surface area contributed by atoms with E-state index in [1.165, 1.54) is 6.08 Å². The van der Waals surface area contributed by atoms with Crippen molar-refractivity contribution in [1.29, 1.82) is 0 Å². The number of rotatable bonds is 6. The van der Waals surface area contributed by atoms with Crippen LogP contribution in [-0.4, -0.2) is 35.8 Å².